The van der Waals surface area contributed by atoms with Crippen LogP contribution in [0.3, 0.4) is 0 Å². The van der Waals surface area contributed by atoms with Crippen molar-refractivity contribution in [2.75, 3.05) is 25.3 Å². The van der Waals surface area contributed by atoms with Gasteiger partial charge < -0.3 is 24.3 Å². The summed E-state index contributed by atoms with van der Waals surface area (Å²) in [6.07, 6.45) is 5.33. The minimum Gasteiger partial charge on any atom is -0.465 e. The maximum atomic E-state index is 13.1. The van der Waals surface area contributed by atoms with Crippen molar-refractivity contribution < 1.29 is 23.4 Å². The Morgan fingerprint density at radius 3 is 2.87 bits per heavy atom. The van der Waals surface area contributed by atoms with Crippen LogP contribution in [-0.4, -0.2) is 57.2 Å². The molecule has 1 fully saturated rings. The van der Waals surface area contributed by atoms with E-state index in [1.54, 1.807) is 10.9 Å². The standard InChI is InChI=1S/C19H31N6O5P/c1-4-5-6-7-28-19(26)15(13(2)3)24-31(27)12-29-14(9-30-31)8-25-11-23-16-17(20)21-10-22-18(16)25/h10-11,13-15H,4-9,12H2,1-3H3,(H,24,27)(H2,20,21,22)/t14-,15-,31?/m0/s1. The summed E-state index contributed by atoms with van der Waals surface area (Å²) in [7, 11) is -3.35. The van der Waals surface area contributed by atoms with E-state index in [0.29, 0.717) is 30.1 Å². The topological polar surface area (TPSA) is 143 Å². The molecule has 0 amide bonds. The van der Waals surface area contributed by atoms with Gasteiger partial charge in [0.15, 0.2) is 11.5 Å². The lowest BCUT2D eigenvalue weighted by Crippen LogP contribution is -2.43. The lowest BCUT2D eigenvalue weighted by Gasteiger charge is -2.32. The smallest absolute Gasteiger partial charge is 0.323 e. The van der Waals surface area contributed by atoms with Gasteiger partial charge in [0.2, 0.25) is 0 Å². The molecule has 12 heteroatoms. The van der Waals surface area contributed by atoms with E-state index in [-0.39, 0.29) is 25.0 Å². The zero-order valence-corrected chi connectivity index (χ0v) is 19.1. The zero-order valence-electron chi connectivity index (χ0n) is 18.2. The Labute approximate surface area is 181 Å². The number of carbonyl (C=O) groups excluding carboxylic acids is 1. The van der Waals surface area contributed by atoms with Crippen molar-refractivity contribution in [1.82, 2.24) is 24.6 Å². The molecule has 0 spiro atoms. The molecule has 1 aliphatic rings. The summed E-state index contributed by atoms with van der Waals surface area (Å²) < 4.78 is 31.7. The third-order valence-corrected chi connectivity index (χ3v) is 6.75. The monoisotopic (exact) mass is 454 g/mol. The molecule has 172 valence electrons. The third kappa shape index (κ3) is 6.00. The van der Waals surface area contributed by atoms with E-state index in [4.69, 9.17) is 19.7 Å². The van der Waals surface area contributed by atoms with Crippen LogP contribution in [0, 0.1) is 5.92 Å². The number of unbranched alkanes of at least 4 members (excludes halogenated alkanes) is 2. The molecule has 3 heterocycles. The highest BCUT2D eigenvalue weighted by Gasteiger charge is 2.38. The summed E-state index contributed by atoms with van der Waals surface area (Å²) >= 11 is 0. The number of nitrogens with one attached hydrogen (secondary N) is 1. The summed E-state index contributed by atoms with van der Waals surface area (Å²) in [4.78, 5) is 24.8. The number of hydrogen-bond acceptors (Lipinski definition) is 9. The van der Waals surface area contributed by atoms with Gasteiger partial charge in [-0.15, -0.1) is 0 Å². The first kappa shape index (κ1) is 23.6. The van der Waals surface area contributed by atoms with Crippen LogP contribution >= 0.6 is 7.52 Å². The molecule has 1 unspecified atom stereocenters. The number of fused-ring (bicyclic) bond motifs is 1. The molecule has 0 bridgehead atoms. The molecular weight excluding hydrogens is 423 g/mol. The van der Waals surface area contributed by atoms with E-state index in [2.05, 4.69) is 27.0 Å². The van der Waals surface area contributed by atoms with E-state index in [1.165, 1.54) is 6.33 Å². The summed E-state index contributed by atoms with van der Waals surface area (Å²) in [5.74, 6) is -0.234. The van der Waals surface area contributed by atoms with Crippen molar-refractivity contribution in [2.24, 2.45) is 5.92 Å². The van der Waals surface area contributed by atoms with Gasteiger partial charge in [0, 0.05) is 0 Å². The van der Waals surface area contributed by atoms with Gasteiger partial charge in [-0.2, -0.15) is 0 Å². The number of nitrogens with two attached hydrogens (primary N) is 1. The first-order chi connectivity index (χ1) is 14.8. The Morgan fingerprint density at radius 1 is 1.39 bits per heavy atom. The van der Waals surface area contributed by atoms with Crippen LogP contribution < -0.4 is 10.8 Å². The second-order valence-corrected chi connectivity index (χ2v) is 10.1. The number of rotatable bonds is 10. The van der Waals surface area contributed by atoms with Gasteiger partial charge in [0.1, 0.15) is 30.3 Å². The molecule has 3 atom stereocenters. The second-order valence-electron chi connectivity index (χ2n) is 7.94. The number of esters is 1. The molecule has 0 aliphatic carbocycles. The van der Waals surface area contributed by atoms with Crippen LogP contribution in [0.4, 0.5) is 5.82 Å². The average Bonchev–Trinajstić information content (AvgIpc) is 3.15. The molecule has 1 saturated heterocycles. The van der Waals surface area contributed by atoms with Crippen LogP contribution in [0.5, 0.6) is 0 Å². The normalized spacial score (nSPS) is 22.6. The van der Waals surface area contributed by atoms with Crippen molar-refractivity contribution in [3.05, 3.63) is 12.7 Å². The fourth-order valence-corrected chi connectivity index (χ4v) is 5.09. The van der Waals surface area contributed by atoms with E-state index < -0.39 is 19.5 Å². The largest absolute Gasteiger partial charge is 0.465 e. The Balaban J connectivity index is 1.55. The van der Waals surface area contributed by atoms with Gasteiger partial charge in [-0.25, -0.2) is 20.0 Å². The summed E-state index contributed by atoms with van der Waals surface area (Å²) in [6.45, 7) is 6.66. The number of carbonyl (C=O) groups is 1. The average molecular weight is 454 g/mol. The van der Waals surface area contributed by atoms with Crippen molar-refractivity contribution in [3.63, 3.8) is 0 Å². The Hall–Kier alpha value is -2.07. The van der Waals surface area contributed by atoms with Crippen molar-refractivity contribution in [1.29, 1.82) is 0 Å². The number of aromatic nitrogens is 4. The molecule has 11 nitrogen and oxygen atoms in total. The Kier molecular flexibility index (Phi) is 7.99. The fourth-order valence-electron chi connectivity index (χ4n) is 3.22. The molecule has 0 aromatic carbocycles. The second kappa shape index (κ2) is 10.5. The number of anilines is 1. The van der Waals surface area contributed by atoms with E-state index >= 15 is 0 Å². The van der Waals surface area contributed by atoms with Gasteiger partial charge in [-0.1, -0.05) is 33.6 Å². The third-order valence-electron chi connectivity index (χ3n) is 5.03. The van der Waals surface area contributed by atoms with Crippen LogP contribution in [0.15, 0.2) is 12.7 Å². The quantitative estimate of drug-likeness (QED) is 0.312. The molecule has 31 heavy (non-hydrogen) atoms. The maximum absolute atomic E-state index is 13.1. The highest BCUT2D eigenvalue weighted by Crippen LogP contribution is 2.46. The van der Waals surface area contributed by atoms with Gasteiger partial charge in [0.25, 0.3) is 7.52 Å². The number of nitrogen functional groups attached to an aromatic ring is 1. The van der Waals surface area contributed by atoms with E-state index in [9.17, 15) is 9.36 Å². The van der Waals surface area contributed by atoms with Crippen LogP contribution in [0.2, 0.25) is 0 Å². The molecule has 2 aromatic heterocycles. The summed E-state index contributed by atoms with van der Waals surface area (Å²) in [5, 5.41) is 2.87. The first-order valence-electron chi connectivity index (χ1n) is 10.5. The van der Waals surface area contributed by atoms with Gasteiger partial charge in [-0.3, -0.25) is 9.36 Å². The molecule has 3 rings (SSSR count). The minimum absolute atomic E-state index is 0.0981. The maximum Gasteiger partial charge on any atom is 0.323 e. The number of hydrogen-bond donors (Lipinski definition) is 2. The fraction of sp³-hybridized carbons (Fsp3) is 0.684. The molecule has 0 radical (unpaired) electrons. The predicted molar refractivity (Wildman–Crippen MR) is 115 cm³/mol. The van der Waals surface area contributed by atoms with Crippen molar-refractivity contribution in [2.45, 2.75) is 58.7 Å². The van der Waals surface area contributed by atoms with E-state index in [1.807, 2.05) is 13.8 Å². The lowest BCUT2D eigenvalue weighted by atomic mass is 10.1. The number of nitrogens with zero attached hydrogens (tertiary/aromatic N) is 4. The minimum atomic E-state index is -3.35. The summed E-state index contributed by atoms with van der Waals surface area (Å²) in [6, 6.07) is -0.732. The summed E-state index contributed by atoms with van der Waals surface area (Å²) in [5.41, 5.74) is 6.92. The molecular formula is C19H31N6O5P. The van der Waals surface area contributed by atoms with E-state index in [0.717, 1.165) is 19.3 Å². The van der Waals surface area contributed by atoms with Crippen LogP contribution in [0.1, 0.15) is 40.0 Å². The zero-order chi connectivity index (χ0) is 22.4. The van der Waals surface area contributed by atoms with Crippen LogP contribution in [-0.2, 0) is 29.9 Å². The molecule has 2 aromatic rings. The highest BCUT2D eigenvalue weighted by molar-refractivity contribution is 7.56. The van der Waals surface area contributed by atoms with Gasteiger partial charge >= 0.3 is 5.97 Å². The lowest BCUT2D eigenvalue weighted by molar-refractivity contribution is -0.147. The van der Waals surface area contributed by atoms with Crippen molar-refractivity contribution >= 4 is 30.5 Å². The predicted octanol–water partition coefficient (Wildman–Crippen LogP) is 2.32. The van der Waals surface area contributed by atoms with Crippen LogP contribution in [0.25, 0.3) is 11.2 Å². The van der Waals surface area contributed by atoms with Gasteiger partial charge in [0.05, 0.1) is 26.1 Å². The molecule has 0 saturated carbocycles. The highest BCUT2D eigenvalue weighted by atomic mass is 31.2. The number of imidazole rings is 1. The molecule has 1 aliphatic heterocycles. The first-order valence-corrected chi connectivity index (χ1v) is 12.3. The Morgan fingerprint density at radius 2 is 2.19 bits per heavy atom. The van der Waals surface area contributed by atoms with Gasteiger partial charge in [-0.05, 0) is 12.3 Å². The van der Waals surface area contributed by atoms with Crippen molar-refractivity contribution in [3.8, 4) is 0 Å². The molecule has 3 N–H and O–H groups in total. The SMILES string of the molecule is CCCCCOC(=O)[C@@H](NP1(=O)CO[C@@H](Cn2cnc3c(N)ncnc32)CO1)C(C)C. The number of ether oxygens (including phenoxy) is 2. The Bertz CT molecular complexity index is 924.